The number of hydrogen-bond donors (Lipinski definition) is 0. The Morgan fingerprint density at radius 2 is 1.90 bits per heavy atom. The second-order valence-corrected chi connectivity index (χ2v) is 7.18. The largest absolute Gasteiger partial charge is 0.358 e. The van der Waals surface area contributed by atoms with Gasteiger partial charge in [-0.2, -0.15) is 8.42 Å². The Balaban J connectivity index is 2.34. The van der Waals surface area contributed by atoms with Crippen molar-refractivity contribution in [3.05, 3.63) is 52.1 Å². The van der Waals surface area contributed by atoms with Crippen molar-refractivity contribution in [2.75, 3.05) is 0 Å². The van der Waals surface area contributed by atoms with Gasteiger partial charge in [0.15, 0.2) is 0 Å². The lowest BCUT2D eigenvalue weighted by molar-refractivity contribution is 0.471. The van der Waals surface area contributed by atoms with Crippen LogP contribution >= 0.6 is 15.9 Å². The topological polar surface area (TPSA) is 56.3 Å². The van der Waals surface area contributed by atoms with E-state index >= 15 is 0 Å². The quantitative estimate of drug-likeness (QED) is 0.750. The van der Waals surface area contributed by atoms with Crippen LogP contribution in [-0.4, -0.2) is 13.4 Å². The molecule has 0 atom stereocenters. The van der Waals surface area contributed by atoms with E-state index in [1.807, 2.05) is 19.9 Å². The van der Waals surface area contributed by atoms with E-state index in [2.05, 4.69) is 20.9 Å². The molecule has 0 aliphatic heterocycles. The lowest BCUT2D eigenvalue weighted by Crippen LogP contribution is -2.12. The zero-order valence-corrected chi connectivity index (χ0v) is 14.2. The minimum atomic E-state index is -3.86. The molecule has 0 aliphatic rings. The Bertz CT molecular complexity index is 727. The number of aromatic nitrogens is 1. The predicted molar refractivity (Wildman–Crippen MR) is 84.9 cm³/mol. The van der Waals surface area contributed by atoms with E-state index in [0.717, 1.165) is 22.0 Å². The van der Waals surface area contributed by atoms with Crippen LogP contribution in [0.3, 0.4) is 0 Å². The summed E-state index contributed by atoms with van der Waals surface area (Å²) in [6, 6.07) is 8.36. The van der Waals surface area contributed by atoms with Crippen LogP contribution in [0.25, 0.3) is 0 Å². The monoisotopic (exact) mass is 369 g/mol. The van der Waals surface area contributed by atoms with Crippen LogP contribution < -0.4 is 4.18 Å². The third-order valence-electron chi connectivity index (χ3n) is 2.91. The van der Waals surface area contributed by atoms with Crippen LogP contribution in [0.1, 0.15) is 24.5 Å². The fourth-order valence-corrected chi connectivity index (χ4v) is 3.15. The van der Waals surface area contributed by atoms with E-state index in [1.165, 1.54) is 18.3 Å². The number of aryl methyl sites for hydroxylation is 2. The first kappa shape index (κ1) is 16.0. The van der Waals surface area contributed by atoms with E-state index in [0.29, 0.717) is 6.42 Å². The lowest BCUT2D eigenvalue weighted by Gasteiger charge is -2.10. The third kappa shape index (κ3) is 4.04. The summed E-state index contributed by atoms with van der Waals surface area (Å²) < 4.78 is 30.6. The summed E-state index contributed by atoms with van der Waals surface area (Å²) in [5.41, 5.74) is 1.75. The summed E-state index contributed by atoms with van der Waals surface area (Å²) >= 11 is 3.33. The Labute approximate surface area is 133 Å². The Kier molecular flexibility index (Phi) is 5.00. The highest BCUT2D eigenvalue weighted by molar-refractivity contribution is 9.10. The van der Waals surface area contributed by atoms with Crippen LogP contribution in [0.5, 0.6) is 5.88 Å². The van der Waals surface area contributed by atoms with Crippen molar-refractivity contribution in [2.24, 2.45) is 0 Å². The SMILES string of the molecule is CCCc1cc(Br)cnc1OS(=O)(=O)c1ccc(C)cc1. The highest BCUT2D eigenvalue weighted by Gasteiger charge is 2.19. The molecule has 21 heavy (non-hydrogen) atoms. The van der Waals surface area contributed by atoms with Gasteiger partial charge in [0.2, 0.25) is 5.88 Å². The van der Waals surface area contributed by atoms with Gasteiger partial charge in [0.25, 0.3) is 0 Å². The van der Waals surface area contributed by atoms with Gasteiger partial charge in [-0.05, 0) is 47.5 Å². The summed E-state index contributed by atoms with van der Waals surface area (Å²) in [6.07, 6.45) is 3.10. The van der Waals surface area contributed by atoms with Crippen LogP contribution in [0.2, 0.25) is 0 Å². The van der Waals surface area contributed by atoms with Crippen molar-refractivity contribution < 1.29 is 12.6 Å². The average Bonchev–Trinajstić information content (AvgIpc) is 2.42. The molecule has 0 bridgehead atoms. The number of hydrogen-bond acceptors (Lipinski definition) is 4. The second-order valence-electron chi connectivity index (χ2n) is 4.72. The lowest BCUT2D eigenvalue weighted by atomic mass is 10.2. The Morgan fingerprint density at radius 1 is 1.24 bits per heavy atom. The van der Waals surface area contributed by atoms with Gasteiger partial charge >= 0.3 is 10.1 Å². The van der Waals surface area contributed by atoms with Gasteiger partial charge < -0.3 is 4.18 Å². The number of rotatable bonds is 5. The van der Waals surface area contributed by atoms with E-state index in [9.17, 15) is 8.42 Å². The molecule has 6 heteroatoms. The molecule has 112 valence electrons. The molecule has 0 N–H and O–H groups in total. The summed E-state index contributed by atoms with van der Waals surface area (Å²) in [6.45, 7) is 3.91. The molecule has 2 rings (SSSR count). The molecule has 0 amide bonds. The summed E-state index contributed by atoms with van der Waals surface area (Å²) in [4.78, 5) is 4.20. The first-order valence-electron chi connectivity index (χ1n) is 6.58. The van der Waals surface area contributed by atoms with Crippen molar-refractivity contribution >= 4 is 26.0 Å². The van der Waals surface area contributed by atoms with Gasteiger partial charge in [-0.15, -0.1) is 0 Å². The number of halogens is 1. The summed E-state index contributed by atoms with van der Waals surface area (Å²) in [5, 5.41) is 0. The molecular formula is C15H16BrNO3S. The molecular weight excluding hydrogens is 354 g/mol. The molecule has 0 unspecified atom stereocenters. The Morgan fingerprint density at radius 3 is 2.52 bits per heavy atom. The van der Waals surface area contributed by atoms with Crippen LogP contribution in [0.15, 0.2) is 45.9 Å². The van der Waals surface area contributed by atoms with E-state index in [-0.39, 0.29) is 10.8 Å². The number of benzene rings is 1. The second kappa shape index (κ2) is 6.58. The fraction of sp³-hybridized carbons (Fsp3) is 0.267. The van der Waals surface area contributed by atoms with Crippen molar-refractivity contribution in [1.29, 1.82) is 0 Å². The molecule has 0 spiro atoms. The minimum Gasteiger partial charge on any atom is -0.358 e. The maximum atomic E-state index is 12.3. The van der Waals surface area contributed by atoms with Gasteiger partial charge in [-0.25, -0.2) is 4.98 Å². The van der Waals surface area contributed by atoms with Crippen LogP contribution in [-0.2, 0) is 16.5 Å². The first-order valence-corrected chi connectivity index (χ1v) is 8.78. The molecule has 1 aromatic carbocycles. The maximum Gasteiger partial charge on any atom is 0.340 e. The predicted octanol–water partition coefficient (Wildman–Crippen LogP) is 3.87. The minimum absolute atomic E-state index is 0.125. The van der Waals surface area contributed by atoms with Crippen molar-refractivity contribution in [1.82, 2.24) is 4.98 Å². The fourth-order valence-electron chi connectivity index (χ4n) is 1.85. The standard InChI is InChI=1S/C15H16BrNO3S/c1-3-4-12-9-13(16)10-17-15(12)20-21(18,19)14-7-5-11(2)6-8-14/h5-10H,3-4H2,1-2H3. The highest BCUT2D eigenvalue weighted by Crippen LogP contribution is 2.25. The average molecular weight is 370 g/mol. The summed E-state index contributed by atoms with van der Waals surface area (Å²) in [7, 11) is -3.86. The Hall–Kier alpha value is -1.40. The zero-order chi connectivity index (χ0) is 15.5. The van der Waals surface area contributed by atoms with Crippen molar-refractivity contribution in [2.45, 2.75) is 31.6 Å². The smallest absolute Gasteiger partial charge is 0.340 e. The molecule has 1 aromatic heterocycles. The first-order chi connectivity index (χ1) is 9.92. The highest BCUT2D eigenvalue weighted by atomic mass is 79.9. The zero-order valence-electron chi connectivity index (χ0n) is 11.8. The molecule has 0 radical (unpaired) electrons. The van der Waals surface area contributed by atoms with Crippen molar-refractivity contribution in [3.8, 4) is 5.88 Å². The molecule has 0 saturated carbocycles. The molecule has 0 saturated heterocycles. The number of nitrogens with zero attached hydrogens (tertiary/aromatic N) is 1. The van der Waals surface area contributed by atoms with Gasteiger partial charge in [0.1, 0.15) is 4.90 Å². The van der Waals surface area contributed by atoms with Crippen molar-refractivity contribution in [3.63, 3.8) is 0 Å². The normalized spacial score (nSPS) is 11.4. The number of pyridine rings is 1. The molecule has 2 aromatic rings. The van der Waals surface area contributed by atoms with Gasteiger partial charge in [-0.3, -0.25) is 0 Å². The molecule has 1 heterocycles. The molecule has 0 fully saturated rings. The van der Waals surface area contributed by atoms with Gasteiger partial charge in [0, 0.05) is 16.2 Å². The van der Waals surface area contributed by atoms with Gasteiger partial charge in [-0.1, -0.05) is 31.0 Å². The van der Waals surface area contributed by atoms with Crippen LogP contribution in [0, 0.1) is 6.92 Å². The maximum absolute atomic E-state index is 12.3. The van der Waals surface area contributed by atoms with Crippen LogP contribution in [0.4, 0.5) is 0 Å². The third-order valence-corrected chi connectivity index (χ3v) is 4.57. The molecule has 0 aliphatic carbocycles. The van der Waals surface area contributed by atoms with E-state index in [1.54, 1.807) is 12.1 Å². The van der Waals surface area contributed by atoms with E-state index in [4.69, 9.17) is 4.18 Å². The molecule has 4 nitrogen and oxygen atoms in total. The van der Waals surface area contributed by atoms with Gasteiger partial charge in [0.05, 0.1) is 0 Å². The van der Waals surface area contributed by atoms with E-state index < -0.39 is 10.1 Å². The summed E-state index contributed by atoms with van der Waals surface area (Å²) in [5.74, 6) is 0.139.